The largest absolute Gasteiger partial charge is 0.479 e. The van der Waals surface area contributed by atoms with Crippen LogP contribution in [0.5, 0.6) is 5.75 Å². The third kappa shape index (κ3) is 6.87. The van der Waals surface area contributed by atoms with Gasteiger partial charge in [-0.15, -0.1) is 11.8 Å². The summed E-state index contributed by atoms with van der Waals surface area (Å²) in [4.78, 5) is 11.8. The zero-order valence-corrected chi connectivity index (χ0v) is 14.9. The molecule has 2 aromatic carbocycles. The first kappa shape index (κ1) is 18.8. The number of amides is 1. The van der Waals surface area contributed by atoms with Gasteiger partial charge in [-0.1, -0.05) is 29.8 Å². The Labute approximate surface area is 155 Å². The van der Waals surface area contributed by atoms with Crippen LogP contribution in [-0.2, 0) is 10.5 Å². The Balaban J connectivity index is 1.71. The first-order valence-electron chi connectivity index (χ1n) is 7.42. The monoisotopic (exact) mass is 373 g/mol. The van der Waals surface area contributed by atoms with Crippen LogP contribution in [0.2, 0.25) is 5.02 Å². The Kier molecular flexibility index (Phi) is 7.83. The van der Waals surface area contributed by atoms with Crippen LogP contribution in [0.4, 0.5) is 0 Å². The van der Waals surface area contributed by atoms with Gasteiger partial charge >= 0.3 is 0 Å². The van der Waals surface area contributed by atoms with Crippen molar-refractivity contribution in [1.29, 1.82) is 5.26 Å². The van der Waals surface area contributed by atoms with Gasteiger partial charge in [0.2, 0.25) is 5.91 Å². The van der Waals surface area contributed by atoms with Crippen LogP contribution in [0.25, 0.3) is 0 Å². The number of rotatable bonds is 8. The number of hydrazone groups is 1. The van der Waals surface area contributed by atoms with E-state index in [-0.39, 0.29) is 12.5 Å². The van der Waals surface area contributed by atoms with Crippen molar-refractivity contribution in [2.24, 2.45) is 5.10 Å². The molecule has 0 spiro atoms. The molecule has 1 N–H and O–H groups in total. The third-order valence-electron chi connectivity index (χ3n) is 3.03. The van der Waals surface area contributed by atoms with Crippen LogP contribution < -0.4 is 10.2 Å². The summed E-state index contributed by atoms with van der Waals surface area (Å²) in [6, 6.07) is 16.5. The Morgan fingerprint density at radius 1 is 1.28 bits per heavy atom. The maximum Gasteiger partial charge on any atom is 0.250 e. The first-order valence-corrected chi connectivity index (χ1v) is 8.95. The second-order valence-corrected chi connectivity index (χ2v) is 6.29. The molecule has 2 aromatic rings. The van der Waals surface area contributed by atoms with Gasteiger partial charge in [0, 0.05) is 10.8 Å². The molecule has 0 aliphatic carbocycles. The molecule has 0 heterocycles. The minimum atomic E-state index is -0.178. The van der Waals surface area contributed by atoms with E-state index in [1.807, 2.05) is 30.3 Å². The predicted molar refractivity (Wildman–Crippen MR) is 101 cm³/mol. The third-order valence-corrected chi connectivity index (χ3v) is 4.39. The second kappa shape index (κ2) is 10.4. The molecule has 0 radical (unpaired) electrons. The number of carbonyl (C=O) groups is 1. The molecule has 0 unspecified atom stereocenters. The van der Waals surface area contributed by atoms with Crippen LogP contribution in [-0.4, -0.2) is 24.5 Å². The standard InChI is InChI=1S/C18H16ClN3O2S/c19-17-4-2-1-3-15(17)12-25-13-18(23)22-21-11-14-5-7-16(8-6-14)24-10-9-20/h1-8,11H,10,12-13H2,(H,22,23)/b21-11-. The number of ether oxygens (including phenoxy) is 1. The molecule has 128 valence electrons. The number of thioether (sulfide) groups is 1. The molecular weight excluding hydrogens is 358 g/mol. The molecule has 0 saturated carbocycles. The number of nitrogens with one attached hydrogen (secondary N) is 1. The lowest BCUT2D eigenvalue weighted by atomic mass is 10.2. The van der Waals surface area contributed by atoms with Crippen molar-refractivity contribution >= 4 is 35.5 Å². The topological polar surface area (TPSA) is 74.5 Å². The van der Waals surface area contributed by atoms with Crippen molar-refractivity contribution in [3.8, 4) is 11.8 Å². The van der Waals surface area contributed by atoms with Crippen molar-refractivity contribution in [3.05, 3.63) is 64.7 Å². The van der Waals surface area contributed by atoms with Crippen LogP contribution in [0, 0.1) is 11.3 Å². The summed E-state index contributed by atoms with van der Waals surface area (Å²) in [6.07, 6.45) is 1.55. The number of hydrogen-bond acceptors (Lipinski definition) is 5. The highest BCUT2D eigenvalue weighted by Gasteiger charge is 2.03. The van der Waals surface area contributed by atoms with Gasteiger partial charge in [-0.3, -0.25) is 4.79 Å². The zero-order valence-electron chi connectivity index (χ0n) is 13.3. The number of nitriles is 1. The molecule has 0 aliphatic heterocycles. The molecule has 2 rings (SSSR count). The fourth-order valence-electron chi connectivity index (χ4n) is 1.85. The van der Waals surface area contributed by atoms with Gasteiger partial charge in [-0.2, -0.15) is 10.4 Å². The highest BCUT2D eigenvalue weighted by atomic mass is 35.5. The Morgan fingerprint density at radius 2 is 2.04 bits per heavy atom. The van der Waals surface area contributed by atoms with E-state index < -0.39 is 0 Å². The van der Waals surface area contributed by atoms with Gasteiger partial charge in [0.1, 0.15) is 11.8 Å². The molecule has 7 heteroatoms. The number of carbonyl (C=O) groups excluding carboxylic acids is 1. The minimum absolute atomic E-state index is 0.00928. The summed E-state index contributed by atoms with van der Waals surface area (Å²) in [7, 11) is 0. The molecule has 5 nitrogen and oxygen atoms in total. The van der Waals surface area contributed by atoms with E-state index in [2.05, 4.69) is 10.5 Å². The van der Waals surface area contributed by atoms with E-state index in [1.54, 1.807) is 30.5 Å². The van der Waals surface area contributed by atoms with Gasteiger partial charge in [-0.05, 0) is 41.5 Å². The molecule has 0 fully saturated rings. The quantitative estimate of drug-likeness (QED) is 0.566. The lowest BCUT2D eigenvalue weighted by Crippen LogP contribution is -2.19. The van der Waals surface area contributed by atoms with Gasteiger partial charge in [0.15, 0.2) is 6.61 Å². The summed E-state index contributed by atoms with van der Waals surface area (Å²) in [5.74, 6) is 1.39. The maximum absolute atomic E-state index is 11.8. The Bertz CT molecular complexity index is 773. The number of benzene rings is 2. The van der Waals surface area contributed by atoms with Crippen LogP contribution in [0.1, 0.15) is 11.1 Å². The molecule has 0 aliphatic rings. The summed E-state index contributed by atoms with van der Waals surface area (Å²) in [5, 5.41) is 13.1. The van der Waals surface area contributed by atoms with Crippen molar-refractivity contribution in [2.75, 3.05) is 12.4 Å². The lowest BCUT2D eigenvalue weighted by Gasteiger charge is -2.03. The van der Waals surface area contributed by atoms with Crippen molar-refractivity contribution in [3.63, 3.8) is 0 Å². The fraction of sp³-hybridized carbons (Fsp3) is 0.167. The SMILES string of the molecule is N#CCOc1ccc(/C=N\NC(=O)CSCc2ccccc2Cl)cc1. The molecule has 0 atom stereocenters. The summed E-state index contributed by atoms with van der Waals surface area (Å²) >= 11 is 7.54. The van der Waals surface area contributed by atoms with Crippen LogP contribution >= 0.6 is 23.4 Å². The minimum Gasteiger partial charge on any atom is -0.479 e. The smallest absolute Gasteiger partial charge is 0.250 e. The first-order chi connectivity index (χ1) is 12.2. The Hall–Kier alpha value is -2.49. The molecule has 25 heavy (non-hydrogen) atoms. The van der Waals surface area contributed by atoms with E-state index >= 15 is 0 Å². The molecular formula is C18H16ClN3O2S. The van der Waals surface area contributed by atoms with Crippen LogP contribution in [0.15, 0.2) is 53.6 Å². The lowest BCUT2D eigenvalue weighted by molar-refractivity contribution is -0.118. The van der Waals surface area contributed by atoms with Crippen molar-refractivity contribution in [2.45, 2.75) is 5.75 Å². The van der Waals surface area contributed by atoms with Gasteiger partial charge in [-0.25, -0.2) is 5.43 Å². The molecule has 0 bridgehead atoms. The number of nitrogens with zero attached hydrogens (tertiary/aromatic N) is 2. The summed E-state index contributed by atoms with van der Waals surface area (Å²) in [5.41, 5.74) is 4.30. The van der Waals surface area contributed by atoms with E-state index in [1.165, 1.54) is 11.8 Å². The average Bonchev–Trinajstić information content (AvgIpc) is 2.63. The second-order valence-electron chi connectivity index (χ2n) is 4.89. The summed E-state index contributed by atoms with van der Waals surface area (Å²) in [6.45, 7) is 0.00928. The van der Waals surface area contributed by atoms with Crippen LogP contribution in [0.3, 0.4) is 0 Å². The van der Waals surface area contributed by atoms with Crippen molar-refractivity contribution < 1.29 is 9.53 Å². The number of hydrogen-bond donors (Lipinski definition) is 1. The average molecular weight is 374 g/mol. The predicted octanol–water partition coefficient (Wildman–Crippen LogP) is 3.63. The van der Waals surface area contributed by atoms with Crippen molar-refractivity contribution in [1.82, 2.24) is 5.43 Å². The van der Waals surface area contributed by atoms with E-state index in [9.17, 15) is 4.79 Å². The Morgan fingerprint density at radius 3 is 2.76 bits per heavy atom. The van der Waals surface area contributed by atoms with Gasteiger partial charge in [0.05, 0.1) is 12.0 Å². The summed E-state index contributed by atoms with van der Waals surface area (Å²) < 4.78 is 5.15. The normalized spacial score (nSPS) is 10.4. The molecule has 1 amide bonds. The fourth-order valence-corrected chi connectivity index (χ4v) is 2.95. The highest BCUT2D eigenvalue weighted by Crippen LogP contribution is 2.20. The molecule has 0 saturated heterocycles. The maximum atomic E-state index is 11.8. The van der Waals surface area contributed by atoms with E-state index in [0.717, 1.165) is 11.1 Å². The molecule has 0 aromatic heterocycles. The number of halogens is 1. The van der Waals surface area contributed by atoms with E-state index in [0.29, 0.717) is 22.3 Å². The zero-order chi connectivity index (χ0) is 17.9. The van der Waals surface area contributed by atoms with Gasteiger partial charge < -0.3 is 4.74 Å². The van der Waals surface area contributed by atoms with Gasteiger partial charge in [0.25, 0.3) is 0 Å². The van der Waals surface area contributed by atoms with E-state index in [4.69, 9.17) is 21.6 Å². The highest BCUT2D eigenvalue weighted by molar-refractivity contribution is 7.99.